The molecule has 1 amide bonds. The van der Waals surface area contributed by atoms with Gasteiger partial charge >= 0.3 is 6.18 Å². The molecule has 2 aromatic carbocycles. The number of aromatic nitrogens is 2. The Bertz CT molecular complexity index is 1340. The normalized spacial score (nSPS) is 17.5. The molecule has 1 atom stereocenters. The largest absolute Gasteiger partial charge is 0.416 e. The highest BCUT2D eigenvalue weighted by molar-refractivity contribution is 6.30. The smallest absolute Gasteiger partial charge is 0.345 e. The van der Waals surface area contributed by atoms with Crippen LogP contribution >= 0.6 is 11.6 Å². The Hall–Kier alpha value is -3.53. The summed E-state index contributed by atoms with van der Waals surface area (Å²) in [4.78, 5) is 32.6. The van der Waals surface area contributed by atoms with Gasteiger partial charge < -0.3 is 15.2 Å². The summed E-state index contributed by atoms with van der Waals surface area (Å²) in [5.41, 5.74) is 1.20. The van der Waals surface area contributed by atoms with E-state index in [0.717, 1.165) is 12.1 Å². The van der Waals surface area contributed by atoms with E-state index >= 15 is 0 Å². The first kappa shape index (κ1) is 23.2. The Morgan fingerprint density at radius 3 is 2.46 bits per heavy atom. The van der Waals surface area contributed by atoms with Crippen molar-refractivity contribution in [1.82, 2.24) is 14.6 Å². The topological polar surface area (TPSA) is 70.5 Å². The number of nitrogens with zero attached hydrogens (tertiary/aromatic N) is 4. The zero-order chi connectivity index (χ0) is 24.9. The molecule has 0 unspecified atom stereocenters. The van der Waals surface area contributed by atoms with Crippen molar-refractivity contribution in [2.75, 3.05) is 30.5 Å². The number of hydrogen-bond acceptors (Lipinski definition) is 5. The maximum absolute atomic E-state index is 13.4. The molecule has 0 spiro atoms. The lowest BCUT2D eigenvalue weighted by Crippen LogP contribution is -2.51. The van der Waals surface area contributed by atoms with Crippen molar-refractivity contribution in [3.63, 3.8) is 0 Å². The number of nitrogens with one attached hydrogen (secondary N) is 1. The van der Waals surface area contributed by atoms with Gasteiger partial charge in [-0.2, -0.15) is 17.8 Å². The summed E-state index contributed by atoms with van der Waals surface area (Å²) in [6.45, 7) is 0.883. The summed E-state index contributed by atoms with van der Waals surface area (Å²) in [6.07, 6.45) is -3.99. The van der Waals surface area contributed by atoms with Gasteiger partial charge in [0.15, 0.2) is 0 Å². The molecule has 11 heteroatoms. The highest BCUT2D eigenvalue weighted by Gasteiger charge is 2.33. The summed E-state index contributed by atoms with van der Waals surface area (Å²) in [5, 5.41) is 5.41. The van der Waals surface area contributed by atoms with E-state index in [-0.39, 0.29) is 24.1 Å². The van der Waals surface area contributed by atoms with Gasteiger partial charge in [0.25, 0.3) is 11.5 Å². The van der Waals surface area contributed by atoms with Crippen molar-refractivity contribution in [2.24, 2.45) is 0 Å². The third kappa shape index (κ3) is 4.34. The summed E-state index contributed by atoms with van der Waals surface area (Å²) in [6, 6.07) is 11.2. The van der Waals surface area contributed by atoms with Crippen LogP contribution in [0.2, 0.25) is 5.02 Å². The molecule has 5 rings (SSSR count). The highest BCUT2D eigenvalue weighted by atomic mass is 35.5. The minimum absolute atomic E-state index is 0.138. The third-order valence-corrected chi connectivity index (χ3v) is 6.57. The van der Waals surface area contributed by atoms with E-state index < -0.39 is 11.7 Å². The number of rotatable bonds is 2. The molecule has 3 heterocycles. The molecule has 0 fully saturated rings. The molecule has 0 saturated heterocycles. The maximum atomic E-state index is 13.4. The average Bonchev–Trinajstić information content (AvgIpc) is 2.83. The van der Waals surface area contributed by atoms with Gasteiger partial charge in [0.2, 0.25) is 5.95 Å². The van der Waals surface area contributed by atoms with Crippen LogP contribution in [-0.2, 0) is 19.1 Å². The number of carbonyl (C=O) groups excluding carboxylic acids is 1. The number of fused-ring (bicyclic) bond motifs is 2. The van der Waals surface area contributed by atoms with Gasteiger partial charge in [0.05, 0.1) is 36.0 Å². The lowest BCUT2D eigenvalue weighted by molar-refractivity contribution is -0.137. The van der Waals surface area contributed by atoms with E-state index in [1.165, 1.54) is 16.8 Å². The molecule has 2 aliphatic heterocycles. The molecule has 1 N–H and O–H groups in total. The summed E-state index contributed by atoms with van der Waals surface area (Å²) in [5.74, 6) is 0.133. The summed E-state index contributed by atoms with van der Waals surface area (Å²) >= 11 is 5.91. The fourth-order valence-electron chi connectivity index (χ4n) is 4.47. The van der Waals surface area contributed by atoms with Crippen LogP contribution in [0.1, 0.15) is 38.8 Å². The molecule has 0 saturated carbocycles. The van der Waals surface area contributed by atoms with Gasteiger partial charge in [0, 0.05) is 30.6 Å². The quantitative estimate of drug-likeness (QED) is 0.575. The zero-order valence-electron chi connectivity index (χ0n) is 18.6. The van der Waals surface area contributed by atoms with Crippen LogP contribution in [0.3, 0.4) is 0 Å². The first-order valence-electron chi connectivity index (χ1n) is 11.0. The minimum Gasteiger partial charge on any atom is -0.345 e. The standard InChI is InChI=1S/C24H21ClF3N5O2/c1-31-13-20(14-2-6-16(7-3-14)24(26,27)28)30-23-29-19-10-11-32(12-18(19)22(35)33(23)31)21(34)15-4-8-17(25)9-5-15/h2-9,20H,10-13H2,1H3,(H,29,30)/t20-/m0/s1. The first-order chi connectivity index (χ1) is 16.6. The van der Waals surface area contributed by atoms with Crippen LogP contribution in [0.25, 0.3) is 0 Å². The second-order valence-corrected chi connectivity index (χ2v) is 9.05. The number of alkyl halides is 3. The number of carbonyl (C=O) groups is 1. The number of halogens is 4. The number of likely N-dealkylation sites (N-methyl/N-ethyl adjacent to an activating group) is 1. The van der Waals surface area contributed by atoms with E-state index in [1.54, 1.807) is 41.2 Å². The Labute approximate surface area is 203 Å². The third-order valence-electron chi connectivity index (χ3n) is 6.32. The lowest BCUT2D eigenvalue weighted by Gasteiger charge is -2.37. The SMILES string of the molecule is CN1C[C@@H](c2ccc(C(F)(F)F)cc2)Nc2nc3c(c(=O)n21)CN(C(=O)c1ccc(Cl)cc1)CC3. The van der Waals surface area contributed by atoms with Crippen molar-refractivity contribution in [2.45, 2.75) is 25.2 Å². The molecule has 3 aromatic rings. The van der Waals surface area contributed by atoms with Gasteiger partial charge in [0.1, 0.15) is 0 Å². The zero-order valence-corrected chi connectivity index (χ0v) is 19.4. The summed E-state index contributed by atoms with van der Waals surface area (Å²) in [7, 11) is 1.72. The predicted molar refractivity (Wildman–Crippen MR) is 125 cm³/mol. The van der Waals surface area contributed by atoms with Crippen LogP contribution in [0, 0.1) is 0 Å². The number of benzene rings is 2. The van der Waals surface area contributed by atoms with Gasteiger partial charge in [-0.3, -0.25) is 9.59 Å². The Balaban J connectivity index is 1.41. The molecule has 1 aromatic heterocycles. The van der Waals surface area contributed by atoms with Crippen molar-refractivity contribution < 1.29 is 18.0 Å². The van der Waals surface area contributed by atoms with Crippen molar-refractivity contribution in [3.05, 3.63) is 91.9 Å². The number of anilines is 1. The monoisotopic (exact) mass is 503 g/mol. The number of amides is 1. The van der Waals surface area contributed by atoms with Crippen molar-refractivity contribution >= 4 is 23.5 Å². The van der Waals surface area contributed by atoms with Crippen LogP contribution in [0.5, 0.6) is 0 Å². The van der Waals surface area contributed by atoms with E-state index in [4.69, 9.17) is 11.6 Å². The van der Waals surface area contributed by atoms with E-state index in [0.29, 0.717) is 52.9 Å². The van der Waals surface area contributed by atoms with E-state index in [1.807, 2.05) is 0 Å². The predicted octanol–water partition coefficient (Wildman–Crippen LogP) is 3.85. The first-order valence-corrected chi connectivity index (χ1v) is 11.3. The van der Waals surface area contributed by atoms with E-state index in [2.05, 4.69) is 10.3 Å². The summed E-state index contributed by atoms with van der Waals surface area (Å²) < 4.78 is 40.2. The van der Waals surface area contributed by atoms with Crippen LogP contribution in [-0.4, -0.2) is 40.6 Å². The van der Waals surface area contributed by atoms with Crippen molar-refractivity contribution in [1.29, 1.82) is 0 Å². The van der Waals surface area contributed by atoms with Gasteiger partial charge in [-0.05, 0) is 42.0 Å². The maximum Gasteiger partial charge on any atom is 0.416 e. The highest BCUT2D eigenvalue weighted by Crippen LogP contribution is 2.31. The van der Waals surface area contributed by atoms with Crippen molar-refractivity contribution in [3.8, 4) is 0 Å². The molecular weight excluding hydrogens is 483 g/mol. The van der Waals surface area contributed by atoms with Gasteiger partial charge in [-0.1, -0.05) is 23.7 Å². The van der Waals surface area contributed by atoms with Gasteiger partial charge in [-0.25, -0.2) is 4.98 Å². The van der Waals surface area contributed by atoms with E-state index in [9.17, 15) is 22.8 Å². The molecule has 35 heavy (non-hydrogen) atoms. The van der Waals surface area contributed by atoms with Crippen LogP contribution in [0.4, 0.5) is 19.1 Å². The Kier molecular flexibility index (Phi) is 5.71. The molecule has 182 valence electrons. The second-order valence-electron chi connectivity index (χ2n) is 8.62. The Morgan fingerprint density at radius 1 is 1.11 bits per heavy atom. The van der Waals surface area contributed by atoms with Gasteiger partial charge in [-0.15, -0.1) is 0 Å². The molecular formula is C24H21ClF3N5O2. The molecule has 0 bridgehead atoms. The Morgan fingerprint density at radius 2 is 1.80 bits per heavy atom. The minimum atomic E-state index is -4.40. The number of hydrogen-bond donors (Lipinski definition) is 1. The molecule has 0 radical (unpaired) electrons. The lowest BCUT2D eigenvalue weighted by atomic mass is 10.0. The second kappa shape index (κ2) is 8.60. The van der Waals surface area contributed by atoms with Crippen LogP contribution in [0.15, 0.2) is 53.3 Å². The molecule has 2 aliphatic rings. The fourth-order valence-corrected chi connectivity index (χ4v) is 4.59. The fraction of sp³-hybridized carbons (Fsp3) is 0.292. The van der Waals surface area contributed by atoms with Crippen LogP contribution < -0.4 is 15.9 Å². The average molecular weight is 504 g/mol. The molecule has 0 aliphatic carbocycles. The molecule has 7 nitrogen and oxygen atoms in total.